The molecule has 6 nitrogen and oxygen atoms in total. The zero-order valence-electron chi connectivity index (χ0n) is 9.65. The molecule has 1 aromatic rings. The maximum Gasteiger partial charge on any atom is 0.223 e. The van der Waals surface area contributed by atoms with E-state index in [2.05, 4.69) is 20.6 Å². The average Bonchev–Trinajstić information content (AvgIpc) is 2.24. The lowest BCUT2D eigenvalue weighted by atomic mass is 10.4. The summed E-state index contributed by atoms with van der Waals surface area (Å²) in [6.45, 7) is 2.50. The lowest BCUT2D eigenvalue weighted by molar-refractivity contribution is 0.679. The highest BCUT2D eigenvalue weighted by Crippen LogP contribution is 2.11. The minimum absolute atomic E-state index is 0.0641. The molecule has 2 atom stereocenters. The van der Waals surface area contributed by atoms with Crippen molar-refractivity contribution >= 4 is 28.4 Å². The molecule has 0 fully saturated rings. The molecule has 0 radical (unpaired) electrons. The van der Waals surface area contributed by atoms with E-state index in [4.69, 9.17) is 5.73 Å². The molecule has 0 saturated heterocycles. The van der Waals surface area contributed by atoms with Crippen LogP contribution in [0.3, 0.4) is 0 Å². The normalized spacial score (nSPS) is 14.2. The Morgan fingerprint density at radius 2 is 2.12 bits per heavy atom. The van der Waals surface area contributed by atoms with Gasteiger partial charge in [0.2, 0.25) is 5.95 Å². The summed E-state index contributed by atoms with van der Waals surface area (Å²) in [6, 6.07) is 1.75. The summed E-state index contributed by atoms with van der Waals surface area (Å²) in [6.07, 6.45) is 1.68. The highest BCUT2D eigenvalue weighted by atomic mass is 32.2. The molecular weight excluding hydrogens is 226 g/mol. The van der Waals surface area contributed by atoms with Crippen molar-refractivity contribution < 1.29 is 4.21 Å². The zero-order chi connectivity index (χ0) is 12.1. The van der Waals surface area contributed by atoms with Crippen LogP contribution in [0.15, 0.2) is 6.07 Å². The Morgan fingerprint density at radius 1 is 1.50 bits per heavy atom. The van der Waals surface area contributed by atoms with Crippen molar-refractivity contribution in [1.29, 1.82) is 0 Å². The first kappa shape index (κ1) is 12.7. The molecule has 0 spiro atoms. The monoisotopic (exact) mass is 243 g/mol. The Hall–Kier alpha value is -1.37. The number of nitrogens with zero attached hydrogens (tertiary/aromatic N) is 2. The second kappa shape index (κ2) is 5.64. The molecule has 0 amide bonds. The second-order valence-electron chi connectivity index (χ2n) is 3.44. The van der Waals surface area contributed by atoms with Crippen LogP contribution in [-0.2, 0) is 10.8 Å². The molecule has 0 aliphatic carbocycles. The second-order valence-corrected chi connectivity index (χ2v) is 5.24. The average molecular weight is 243 g/mol. The largest absolute Gasteiger partial charge is 0.373 e. The van der Waals surface area contributed by atoms with Gasteiger partial charge in [0.1, 0.15) is 11.6 Å². The van der Waals surface area contributed by atoms with Crippen LogP contribution < -0.4 is 16.4 Å². The van der Waals surface area contributed by atoms with Gasteiger partial charge in [-0.3, -0.25) is 4.21 Å². The SMILES string of the molecule is CNc1cc(NCC(C)S(C)=O)nc(N)n1. The number of anilines is 3. The lowest BCUT2D eigenvalue weighted by Crippen LogP contribution is -2.21. The van der Waals surface area contributed by atoms with Crippen molar-refractivity contribution in [3.63, 3.8) is 0 Å². The van der Waals surface area contributed by atoms with Gasteiger partial charge in [0, 0.05) is 42.0 Å². The molecule has 1 aromatic heterocycles. The summed E-state index contributed by atoms with van der Waals surface area (Å²) >= 11 is 0. The Morgan fingerprint density at radius 3 is 2.69 bits per heavy atom. The quantitative estimate of drug-likeness (QED) is 0.688. The van der Waals surface area contributed by atoms with Gasteiger partial charge < -0.3 is 16.4 Å². The van der Waals surface area contributed by atoms with Gasteiger partial charge in [-0.25, -0.2) is 0 Å². The van der Waals surface area contributed by atoms with Crippen molar-refractivity contribution in [2.75, 3.05) is 36.2 Å². The summed E-state index contributed by atoms with van der Waals surface area (Å²) in [5.41, 5.74) is 5.54. The van der Waals surface area contributed by atoms with Crippen molar-refractivity contribution in [3.05, 3.63) is 6.07 Å². The topological polar surface area (TPSA) is 92.9 Å². The van der Waals surface area contributed by atoms with Gasteiger partial charge in [0.05, 0.1) is 0 Å². The number of hydrogen-bond donors (Lipinski definition) is 3. The van der Waals surface area contributed by atoms with E-state index in [1.165, 1.54) is 0 Å². The third kappa shape index (κ3) is 3.65. The highest BCUT2D eigenvalue weighted by Gasteiger charge is 2.07. The molecule has 0 bridgehead atoms. The first-order valence-corrected chi connectivity index (χ1v) is 6.53. The van der Waals surface area contributed by atoms with Crippen LogP contribution in [0.4, 0.5) is 17.6 Å². The third-order valence-corrected chi connectivity index (χ3v) is 3.44. The molecule has 0 aromatic carbocycles. The van der Waals surface area contributed by atoms with Gasteiger partial charge in [-0.05, 0) is 6.92 Å². The van der Waals surface area contributed by atoms with Crippen molar-refractivity contribution in [1.82, 2.24) is 9.97 Å². The predicted octanol–water partition coefficient (Wildman–Crippen LogP) is 0.279. The third-order valence-electron chi connectivity index (χ3n) is 2.14. The number of rotatable bonds is 5. The van der Waals surface area contributed by atoms with E-state index in [1.54, 1.807) is 19.4 Å². The van der Waals surface area contributed by atoms with E-state index in [1.807, 2.05) is 6.92 Å². The highest BCUT2D eigenvalue weighted by molar-refractivity contribution is 7.84. The maximum absolute atomic E-state index is 11.2. The Balaban J connectivity index is 2.66. The lowest BCUT2D eigenvalue weighted by Gasteiger charge is -2.11. The Kier molecular flexibility index (Phi) is 4.48. The van der Waals surface area contributed by atoms with Crippen molar-refractivity contribution in [2.24, 2.45) is 0 Å². The van der Waals surface area contributed by atoms with Gasteiger partial charge in [-0.15, -0.1) is 0 Å². The van der Waals surface area contributed by atoms with Crippen LogP contribution in [0.25, 0.3) is 0 Å². The fourth-order valence-electron chi connectivity index (χ4n) is 1.05. The molecule has 0 saturated carbocycles. The van der Waals surface area contributed by atoms with Crippen LogP contribution in [0.5, 0.6) is 0 Å². The first-order chi connectivity index (χ1) is 7.52. The molecule has 0 aliphatic rings. The molecule has 0 aliphatic heterocycles. The summed E-state index contributed by atoms with van der Waals surface area (Å²) in [5, 5.41) is 6.03. The van der Waals surface area contributed by atoms with Gasteiger partial charge >= 0.3 is 0 Å². The van der Waals surface area contributed by atoms with E-state index in [0.717, 1.165) is 0 Å². The summed E-state index contributed by atoms with van der Waals surface area (Å²) in [7, 11) is 0.910. The molecular formula is C9H17N5OS. The Labute approximate surface area is 97.5 Å². The zero-order valence-corrected chi connectivity index (χ0v) is 10.5. The standard InChI is InChI=1S/C9H17N5OS/c1-6(16(3)15)5-12-8-4-7(11-2)13-9(10)14-8/h4,6H,5H2,1-3H3,(H4,10,11,12,13,14). The fourth-order valence-corrected chi connectivity index (χ4v) is 1.37. The number of nitrogen functional groups attached to an aromatic ring is 1. The summed E-state index contributed by atoms with van der Waals surface area (Å²) in [4.78, 5) is 8.00. The number of nitrogens with two attached hydrogens (primary N) is 1. The minimum atomic E-state index is -0.849. The van der Waals surface area contributed by atoms with Crippen molar-refractivity contribution in [2.45, 2.75) is 12.2 Å². The first-order valence-electron chi connectivity index (χ1n) is 4.91. The number of hydrogen-bond acceptors (Lipinski definition) is 6. The molecule has 2 unspecified atom stereocenters. The predicted molar refractivity (Wildman–Crippen MR) is 68.0 cm³/mol. The van der Waals surface area contributed by atoms with Crippen LogP contribution in [0, 0.1) is 0 Å². The summed E-state index contributed by atoms with van der Waals surface area (Å²) < 4.78 is 11.2. The maximum atomic E-state index is 11.2. The molecule has 1 heterocycles. The number of aromatic nitrogens is 2. The molecule has 90 valence electrons. The minimum Gasteiger partial charge on any atom is -0.373 e. The van der Waals surface area contributed by atoms with Crippen molar-refractivity contribution in [3.8, 4) is 0 Å². The molecule has 1 rings (SSSR count). The van der Waals surface area contributed by atoms with E-state index >= 15 is 0 Å². The number of nitrogens with one attached hydrogen (secondary N) is 2. The van der Waals surface area contributed by atoms with E-state index in [0.29, 0.717) is 18.2 Å². The van der Waals surface area contributed by atoms with E-state index in [-0.39, 0.29) is 11.2 Å². The fraction of sp³-hybridized carbons (Fsp3) is 0.556. The van der Waals surface area contributed by atoms with Crippen LogP contribution in [-0.4, -0.2) is 39.3 Å². The Bertz CT molecular complexity index is 384. The smallest absolute Gasteiger partial charge is 0.223 e. The van der Waals surface area contributed by atoms with Gasteiger partial charge in [-0.1, -0.05) is 0 Å². The van der Waals surface area contributed by atoms with Crippen LogP contribution in [0.1, 0.15) is 6.92 Å². The van der Waals surface area contributed by atoms with E-state index < -0.39 is 10.8 Å². The molecule has 7 heteroatoms. The van der Waals surface area contributed by atoms with Gasteiger partial charge in [0.25, 0.3) is 0 Å². The van der Waals surface area contributed by atoms with Crippen LogP contribution in [0.2, 0.25) is 0 Å². The van der Waals surface area contributed by atoms with Gasteiger partial charge in [-0.2, -0.15) is 9.97 Å². The van der Waals surface area contributed by atoms with Gasteiger partial charge in [0.15, 0.2) is 0 Å². The van der Waals surface area contributed by atoms with E-state index in [9.17, 15) is 4.21 Å². The molecule has 4 N–H and O–H groups in total. The summed E-state index contributed by atoms with van der Waals surface area (Å²) in [5.74, 6) is 1.49. The van der Waals surface area contributed by atoms with Crippen LogP contribution >= 0.6 is 0 Å². The molecule has 16 heavy (non-hydrogen) atoms.